The van der Waals surface area contributed by atoms with Crippen molar-refractivity contribution in [1.82, 2.24) is 15.1 Å². The molecule has 10 nitrogen and oxygen atoms in total. The zero-order valence-electron chi connectivity index (χ0n) is 19.6. The van der Waals surface area contributed by atoms with Gasteiger partial charge in [0.2, 0.25) is 11.8 Å². The molecule has 0 spiro atoms. The summed E-state index contributed by atoms with van der Waals surface area (Å²) in [7, 11) is 0. The molecule has 0 saturated carbocycles. The maximum atomic E-state index is 13.0. The molecule has 4 rings (SSSR count). The molecular formula is C25H30N4O6. The van der Waals surface area contributed by atoms with Crippen LogP contribution in [0, 0.1) is 11.8 Å². The van der Waals surface area contributed by atoms with Crippen molar-refractivity contribution in [1.29, 1.82) is 0 Å². The first-order valence-corrected chi connectivity index (χ1v) is 11.9. The van der Waals surface area contributed by atoms with E-state index in [1.807, 2.05) is 0 Å². The van der Waals surface area contributed by atoms with Crippen molar-refractivity contribution in [3.63, 3.8) is 0 Å². The molecule has 0 aliphatic carbocycles. The summed E-state index contributed by atoms with van der Waals surface area (Å²) in [5.74, 6) is 3.59. The molecule has 10 heteroatoms. The van der Waals surface area contributed by atoms with Crippen LogP contribution in [-0.2, 0) is 19.1 Å². The van der Waals surface area contributed by atoms with Crippen LogP contribution >= 0.6 is 0 Å². The van der Waals surface area contributed by atoms with E-state index < -0.39 is 29.7 Å². The Morgan fingerprint density at radius 1 is 1.00 bits per heavy atom. The van der Waals surface area contributed by atoms with Gasteiger partial charge in [0.05, 0.1) is 30.9 Å². The van der Waals surface area contributed by atoms with E-state index in [0.717, 1.165) is 37.4 Å². The third-order valence-electron chi connectivity index (χ3n) is 6.42. The topological polar surface area (TPSA) is 131 Å². The molecule has 0 radical (unpaired) electrons. The molecule has 2 fully saturated rings. The van der Waals surface area contributed by atoms with E-state index in [4.69, 9.17) is 15.2 Å². The van der Waals surface area contributed by atoms with E-state index in [2.05, 4.69) is 22.1 Å². The molecule has 1 atom stereocenters. The summed E-state index contributed by atoms with van der Waals surface area (Å²) >= 11 is 0. The first kappa shape index (κ1) is 25.0. The molecule has 4 amide bonds. The highest BCUT2D eigenvalue weighted by Gasteiger charge is 2.45. The van der Waals surface area contributed by atoms with Crippen molar-refractivity contribution in [2.75, 3.05) is 46.1 Å². The average Bonchev–Trinajstić information content (AvgIpc) is 3.10. The fraction of sp³-hybridized carbons (Fsp3) is 0.520. The van der Waals surface area contributed by atoms with Crippen LogP contribution in [0.3, 0.4) is 0 Å². The zero-order valence-corrected chi connectivity index (χ0v) is 19.6. The Labute approximate surface area is 204 Å². The third-order valence-corrected chi connectivity index (χ3v) is 6.42. The molecule has 2 saturated heterocycles. The Morgan fingerprint density at radius 2 is 1.77 bits per heavy atom. The molecule has 1 aromatic rings. The fourth-order valence-corrected chi connectivity index (χ4v) is 4.46. The summed E-state index contributed by atoms with van der Waals surface area (Å²) < 4.78 is 11.1. The molecule has 35 heavy (non-hydrogen) atoms. The van der Waals surface area contributed by atoms with E-state index in [1.54, 1.807) is 18.2 Å². The minimum absolute atomic E-state index is 0.0739. The summed E-state index contributed by atoms with van der Waals surface area (Å²) in [5.41, 5.74) is 6.69. The molecule has 1 unspecified atom stereocenters. The lowest BCUT2D eigenvalue weighted by molar-refractivity contribution is -0.136. The van der Waals surface area contributed by atoms with Crippen molar-refractivity contribution < 1.29 is 28.7 Å². The Balaban J connectivity index is 1.24. The molecule has 0 aromatic heterocycles. The number of imide groups is 2. The third kappa shape index (κ3) is 5.94. The van der Waals surface area contributed by atoms with Crippen LogP contribution in [-0.4, -0.2) is 91.6 Å². The van der Waals surface area contributed by atoms with E-state index in [1.165, 1.54) is 0 Å². The molecule has 3 heterocycles. The van der Waals surface area contributed by atoms with Gasteiger partial charge in [-0.15, -0.1) is 0 Å². The highest BCUT2D eigenvalue weighted by atomic mass is 16.5. The first-order valence-electron chi connectivity index (χ1n) is 11.9. The van der Waals surface area contributed by atoms with Crippen molar-refractivity contribution in [3.05, 3.63) is 34.9 Å². The van der Waals surface area contributed by atoms with Gasteiger partial charge in [0, 0.05) is 24.6 Å². The number of nitrogens with zero attached hydrogens (tertiary/aromatic N) is 2. The average molecular weight is 483 g/mol. The second-order valence-electron chi connectivity index (χ2n) is 8.82. The normalized spacial score (nSPS) is 21.1. The second-order valence-corrected chi connectivity index (χ2v) is 8.82. The van der Waals surface area contributed by atoms with Crippen LogP contribution in [0.25, 0.3) is 0 Å². The number of nitrogens with one attached hydrogen (secondary N) is 1. The van der Waals surface area contributed by atoms with E-state index in [-0.39, 0.29) is 30.6 Å². The standard InChI is InChI=1S/C25H30N4O6/c26-18-8-10-28(11-9-18)12-14-35-16-15-34-13-2-4-17-3-1-5-19-22(17)25(33)29(24(19)32)20-6-7-21(30)27-23(20)31/h1,3,5,18,20H,6-16,26H2,(H,27,30,31). The number of carbonyl (C=O) groups excluding carboxylic acids is 4. The van der Waals surface area contributed by atoms with Crippen LogP contribution in [0.5, 0.6) is 0 Å². The summed E-state index contributed by atoms with van der Waals surface area (Å²) in [6.07, 6.45) is 2.24. The second kappa shape index (κ2) is 11.6. The lowest BCUT2D eigenvalue weighted by atomic mass is 10.0. The Morgan fingerprint density at radius 3 is 2.54 bits per heavy atom. The minimum atomic E-state index is -1.00. The Bertz CT molecular complexity index is 1050. The summed E-state index contributed by atoms with van der Waals surface area (Å²) in [4.78, 5) is 52.8. The van der Waals surface area contributed by atoms with Crippen LogP contribution in [0.4, 0.5) is 0 Å². The molecule has 0 bridgehead atoms. The van der Waals surface area contributed by atoms with Gasteiger partial charge in [-0.1, -0.05) is 17.9 Å². The summed E-state index contributed by atoms with van der Waals surface area (Å²) in [6.45, 7) is 4.56. The van der Waals surface area contributed by atoms with Crippen molar-refractivity contribution in [3.8, 4) is 11.8 Å². The van der Waals surface area contributed by atoms with Gasteiger partial charge in [-0.3, -0.25) is 29.4 Å². The van der Waals surface area contributed by atoms with Gasteiger partial charge in [0.1, 0.15) is 12.6 Å². The van der Waals surface area contributed by atoms with Crippen LogP contribution in [0.2, 0.25) is 0 Å². The van der Waals surface area contributed by atoms with Gasteiger partial charge in [-0.25, -0.2) is 0 Å². The van der Waals surface area contributed by atoms with Crippen molar-refractivity contribution in [2.24, 2.45) is 5.73 Å². The Hall–Kier alpha value is -3.10. The number of hydrogen-bond acceptors (Lipinski definition) is 8. The number of likely N-dealkylation sites (tertiary alicyclic amines) is 1. The highest BCUT2D eigenvalue weighted by molar-refractivity contribution is 6.24. The number of hydrogen-bond donors (Lipinski definition) is 2. The zero-order chi connectivity index (χ0) is 24.8. The number of nitrogens with two attached hydrogens (primary N) is 1. The van der Waals surface area contributed by atoms with Gasteiger partial charge in [-0.2, -0.15) is 0 Å². The molecule has 186 valence electrons. The highest BCUT2D eigenvalue weighted by Crippen LogP contribution is 2.29. The predicted molar refractivity (Wildman–Crippen MR) is 125 cm³/mol. The fourth-order valence-electron chi connectivity index (χ4n) is 4.46. The largest absolute Gasteiger partial charge is 0.378 e. The number of ether oxygens (including phenoxy) is 2. The predicted octanol–water partition coefficient (Wildman–Crippen LogP) is -0.104. The molecule has 3 aliphatic rings. The van der Waals surface area contributed by atoms with Gasteiger partial charge >= 0.3 is 0 Å². The Kier molecular flexibility index (Phi) is 8.25. The van der Waals surface area contributed by atoms with Crippen molar-refractivity contribution >= 4 is 23.6 Å². The van der Waals surface area contributed by atoms with Crippen molar-refractivity contribution in [2.45, 2.75) is 37.8 Å². The number of piperidine rings is 2. The molecular weight excluding hydrogens is 452 g/mol. The number of benzene rings is 1. The number of carbonyl (C=O) groups is 4. The summed E-state index contributed by atoms with van der Waals surface area (Å²) in [5, 5.41) is 2.19. The number of fused-ring (bicyclic) bond motifs is 1. The molecule has 1 aromatic carbocycles. The lowest BCUT2D eigenvalue weighted by Crippen LogP contribution is -2.54. The van der Waals surface area contributed by atoms with Crippen LogP contribution < -0.4 is 11.1 Å². The van der Waals surface area contributed by atoms with Crippen LogP contribution in [0.1, 0.15) is 52.0 Å². The first-order chi connectivity index (χ1) is 17.0. The summed E-state index contributed by atoms with van der Waals surface area (Å²) in [6, 6.07) is 4.16. The van der Waals surface area contributed by atoms with Gasteiger partial charge in [0.25, 0.3) is 11.8 Å². The van der Waals surface area contributed by atoms with Gasteiger partial charge in [-0.05, 0) is 44.5 Å². The van der Waals surface area contributed by atoms with Gasteiger partial charge < -0.3 is 20.1 Å². The van der Waals surface area contributed by atoms with E-state index in [9.17, 15) is 19.2 Å². The smallest absolute Gasteiger partial charge is 0.263 e. The minimum Gasteiger partial charge on any atom is -0.378 e. The quantitative estimate of drug-likeness (QED) is 0.298. The SMILES string of the molecule is NC1CCN(CCOCCOCC#Cc2cccc3c2C(=O)N(C2CCC(=O)NC2=O)C3=O)CC1. The number of rotatable bonds is 8. The number of amides is 4. The molecule has 3 aliphatic heterocycles. The monoisotopic (exact) mass is 482 g/mol. The maximum absolute atomic E-state index is 13.0. The molecule has 3 N–H and O–H groups in total. The van der Waals surface area contributed by atoms with Crippen LogP contribution in [0.15, 0.2) is 18.2 Å². The maximum Gasteiger partial charge on any atom is 0.263 e. The van der Waals surface area contributed by atoms with E-state index in [0.29, 0.717) is 31.4 Å². The van der Waals surface area contributed by atoms with Gasteiger partial charge in [0.15, 0.2) is 0 Å². The lowest BCUT2D eigenvalue weighted by Gasteiger charge is -2.29. The van der Waals surface area contributed by atoms with E-state index >= 15 is 0 Å².